The highest BCUT2D eigenvalue weighted by molar-refractivity contribution is 5.80. The molecule has 308 valence electrons. The van der Waals surface area contributed by atoms with Crippen molar-refractivity contribution in [3.8, 4) is 0 Å². The summed E-state index contributed by atoms with van der Waals surface area (Å²) in [4.78, 5) is 13.0. The van der Waals surface area contributed by atoms with Gasteiger partial charge in [-0.05, 0) is 116 Å². The zero-order chi connectivity index (χ0) is 39.6. The summed E-state index contributed by atoms with van der Waals surface area (Å²) < 4.78 is 24.6. The van der Waals surface area contributed by atoms with Gasteiger partial charge in [-0.3, -0.25) is 4.79 Å². The van der Waals surface area contributed by atoms with Gasteiger partial charge in [0, 0.05) is 0 Å². The number of aliphatic hydroxyl groups excluding tert-OH is 6. The zero-order valence-electron chi connectivity index (χ0n) is 33.6. The molecule has 12 nitrogen and oxygen atoms in total. The van der Waals surface area contributed by atoms with Crippen LogP contribution in [0.2, 0.25) is 0 Å². The fraction of sp³-hybridized carbons (Fsp3) is 0.929. The van der Waals surface area contributed by atoms with E-state index in [1.807, 2.05) is 0 Å². The first-order chi connectivity index (χ1) is 25.1. The summed E-state index contributed by atoms with van der Waals surface area (Å²) in [6.45, 7) is 17.5. The second-order valence-electron chi connectivity index (χ2n) is 20.6. The van der Waals surface area contributed by atoms with E-state index in [0.717, 1.165) is 57.8 Å². The number of hydrogen-bond acceptors (Lipinski definition) is 11. The Bertz CT molecular complexity index is 1460. The molecule has 2 heterocycles. The summed E-state index contributed by atoms with van der Waals surface area (Å²) in [6.07, 6.45) is -2.67. The van der Waals surface area contributed by atoms with Crippen molar-refractivity contribution in [3.05, 3.63) is 11.6 Å². The number of aliphatic carboxylic acids is 1. The molecule has 6 fully saturated rings. The molecule has 18 atom stereocenters. The average Bonchev–Trinajstić information content (AvgIpc) is 3.10. The first-order valence-corrected chi connectivity index (χ1v) is 20.7. The van der Waals surface area contributed by atoms with Gasteiger partial charge in [-0.2, -0.15) is 0 Å². The fourth-order valence-electron chi connectivity index (χ4n) is 13.7. The Morgan fingerprint density at radius 3 is 2.07 bits per heavy atom. The summed E-state index contributed by atoms with van der Waals surface area (Å²) in [6, 6.07) is 0. The molecule has 2 aliphatic heterocycles. The van der Waals surface area contributed by atoms with Gasteiger partial charge in [-0.25, -0.2) is 0 Å². The van der Waals surface area contributed by atoms with E-state index in [2.05, 4.69) is 54.5 Å². The van der Waals surface area contributed by atoms with Crippen molar-refractivity contribution in [2.75, 3.05) is 6.61 Å². The van der Waals surface area contributed by atoms with Crippen LogP contribution in [0.1, 0.15) is 120 Å². The summed E-state index contributed by atoms with van der Waals surface area (Å²) in [7, 11) is 0. The average molecular weight is 765 g/mol. The van der Waals surface area contributed by atoms with Gasteiger partial charge in [0.25, 0.3) is 0 Å². The van der Waals surface area contributed by atoms with Crippen LogP contribution in [0.15, 0.2) is 11.6 Å². The van der Waals surface area contributed by atoms with Crippen LogP contribution in [0.5, 0.6) is 0 Å². The van der Waals surface area contributed by atoms with Crippen LogP contribution >= 0.6 is 0 Å². The molecule has 0 aromatic rings. The number of carboxylic acid groups (broad SMARTS) is 1. The molecule has 7 aliphatic rings. The smallest absolute Gasteiger partial charge is 0.313 e. The maximum atomic E-state index is 13.0. The lowest BCUT2D eigenvalue weighted by molar-refractivity contribution is -0.375. The Hall–Kier alpha value is -1.19. The number of carboxylic acids is 1. The van der Waals surface area contributed by atoms with Gasteiger partial charge in [0.05, 0.1) is 24.2 Å². The molecule has 7 rings (SSSR count). The standard InChI is InChI=1S/C42H68O12/c1-21-28(44)31(47)33(54-34-32(48)30(46)29(45)24(20-43)52-34)35(51-21)53-27-12-13-39(6)25(38(27,4)5)11-14-41(8)26(39)10-9-22-23-19-37(2,3)15-17-42(23,36(49)50)18-16-40(22,41)7/h19,21-22,24-35,43-48H,9-18,20H2,1-8H3,(H,49,50). The minimum Gasteiger partial charge on any atom is -0.481 e. The van der Waals surface area contributed by atoms with Crippen LogP contribution in [-0.2, 0) is 23.7 Å². The Balaban J connectivity index is 1.13. The third kappa shape index (κ3) is 5.93. The molecule has 54 heavy (non-hydrogen) atoms. The van der Waals surface area contributed by atoms with Crippen molar-refractivity contribution in [2.24, 2.45) is 50.2 Å². The van der Waals surface area contributed by atoms with E-state index < -0.39 is 79.4 Å². The SMILES string of the molecule is CC1OC(OC2CCC3(C)C(CCC4(C)C3CCC3C5=CC(C)(C)CCC5(C(=O)O)CCC34C)C2(C)C)C(OC2OC(CO)C(O)C(O)C2O)C(O)C1O. The number of hydrogen-bond donors (Lipinski definition) is 7. The van der Waals surface area contributed by atoms with E-state index in [4.69, 9.17) is 18.9 Å². The maximum absolute atomic E-state index is 13.0. The molecule has 0 radical (unpaired) electrons. The van der Waals surface area contributed by atoms with Crippen LogP contribution in [0, 0.1) is 50.2 Å². The molecule has 5 aliphatic carbocycles. The second kappa shape index (κ2) is 13.7. The van der Waals surface area contributed by atoms with E-state index in [1.54, 1.807) is 6.92 Å². The van der Waals surface area contributed by atoms with Gasteiger partial charge in [0.1, 0.15) is 42.7 Å². The molecule has 4 saturated carbocycles. The third-order valence-corrected chi connectivity index (χ3v) is 17.2. The van der Waals surface area contributed by atoms with Crippen LogP contribution < -0.4 is 0 Å². The fourth-order valence-corrected chi connectivity index (χ4v) is 13.7. The Morgan fingerprint density at radius 2 is 1.41 bits per heavy atom. The van der Waals surface area contributed by atoms with Crippen molar-refractivity contribution < 1.29 is 59.5 Å². The molecule has 18 unspecified atom stereocenters. The van der Waals surface area contributed by atoms with E-state index >= 15 is 0 Å². The number of carbonyl (C=O) groups is 1. The highest BCUT2D eigenvalue weighted by Crippen LogP contribution is 2.76. The minimum atomic E-state index is -1.70. The molecule has 0 aromatic carbocycles. The molecule has 0 spiro atoms. The van der Waals surface area contributed by atoms with Crippen molar-refractivity contribution in [1.29, 1.82) is 0 Å². The first kappa shape index (κ1) is 41.0. The van der Waals surface area contributed by atoms with E-state index in [9.17, 15) is 40.5 Å². The molecular weight excluding hydrogens is 696 g/mol. The molecule has 2 saturated heterocycles. The summed E-state index contributed by atoms with van der Waals surface area (Å²) >= 11 is 0. The van der Waals surface area contributed by atoms with Crippen LogP contribution in [-0.4, -0.2) is 116 Å². The van der Waals surface area contributed by atoms with Gasteiger partial charge < -0.3 is 54.7 Å². The predicted octanol–water partition coefficient (Wildman–Crippen LogP) is 3.91. The molecule has 0 aromatic heterocycles. The molecule has 7 N–H and O–H groups in total. The van der Waals surface area contributed by atoms with Gasteiger partial charge in [-0.1, -0.05) is 60.1 Å². The molecule has 0 amide bonds. The zero-order valence-corrected chi connectivity index (χ0v) is 33.6. The highest BCUT2D eigenvalue weighted by atomic mass is 16.8. The summed E-state index contributed by atoms with van der Waals surface area (Å²) in [5, 5.41) is 73.9. The first-order valence-electron chi connectivity index (χ1n) is 20.7. The number of aliphatic hydroxyl groups is 6. The lowest BCUT2D eigenvalue weighted by Crippen LogP contribution is -2.67. The van der Waals surface area contributed by atoms with Gasteiger partial charge in [-0.15, -0.1) is 0 Å². The number of allylic oxidation sites excluding steroid dienone is 1. The largest absolute Gasteiger partial charge is 0.481 e. The lowest BCUT2D eigenvalue weighted by atomic mass is 9.32. The number of fused-ring (bicyclic) bond motifs is 7. The third-order valence-electron chi connectivity index (χ3n) is 17.2. The normalized spacial score (nSPS) is 53.9. The van der Waals surface area contributed by atoms with Crippen molar-refractivity contribution in [2.45, 2.75) is 187 Å². The molecule has 12 heteroatoms. The Morgan fingerprint density at radius 1 is 0.722 bits per heavy atom. The van der Waals surface area contributed by atoms with Crippen molar-refractivity contribution in [3.63, 3.8) is 0 Å². The Labute approximate surface area is 320 Å². The van der Waals surface area contributed by atoms with Gasteiger partial charge in [0.15, 0.2) is 12.6 Å². The quantitative estimate of drug-likeness (QED) is 0.153. The lowest BCUT2D eigenvalue weighted by Gasteiger charge is -2.72. The van der Waals surface area contributed by atoms with Crippen LogP contribution in [0.3, 0.4) is 0 Å². The predicted molar refractivity (Wildman–Crippen MR) is 197 cm³/mol. The summed E-state index contributed by atoms with van der Waals surface area (Å²) in [5.41, 5.74) is 0.154. The van der Waals surface area contributed by atoms with E-state index in [0.29, 0.717) is 18.3 Å². The maximum Gasteiger partial charge on any atom is 0.313 e. The van der Waals surface area contributed by atoms with Crippen molar-refractivity contribution >= 4 is 5.97 Å². The number of rotatable bonds is 6. The highest BCUT2D eigenvalue weighted by Gasteiger charge is 2.70. The van der Waals surface area contributed by atoms with Crippen LogP contribution in [0.25, 0.3) is 0 Å². The molecular formula is C42H68O12. The van der Waals surface area contributed by atoms with Gasteiger partial charge in [0.2, 0.25) is 0 Å². The van der Waals surface area contributed by atoms with Crippen molar-refractivity contribution in [1.82, 2.24) is 0 Å². The minimum absolute atomic E-state index is 0.00847. The Kier molecular flexibility index (Phi) is 10.4. The summed E-state index contributed by atoms with van der Waals surface area (Å²) in [5.74, 6) is 0.361. The molecule has 0 bridgehead atoms. The number of ether oxygens (including phenoxy) is 4. The monoisotopic (exact) mass is 764 g/mol. The topological polar surface area (TPSA) is 196 Å². The second-order valence-corrected chi connectivity index (χ2v) is 20.6. The van der Waals surface area contributed by atoms with E-state index in [1.165, 1.54) is 5.57 Å². The van der Waals surface area contributed by atoms with E-state index in [-0.39, 0.29) is 39.1 Å². The van der Waals surface area contributed by atoms with Crippen LogP contribution in [0.4, 0.5) is 0 Å². The van der Waals surface area contributed by atoms with Gasteiger partial charge >= 0.3 is 5.97 Å².